The summed E-state index contributed by atoms with van der Waals surface area (Å²) in [5.41, 5.74) is 11.4. The van der Waals surface area contributed by atoms with Crippen LogP contribution in [0.1, 0.15) is 16.7 Å². The molecule has 1 aromatic heterocycles. The Hall–Kier alpha value is -1.78. The summed E-state index contributed by atoms with van der Waals surface area (Å²) in [6.07, 6.45) is 0. The minimum atomic E-state index is 0.579. The smallest absolute Gasteiger partial charge is 0.171 e. The zero-order chi connectivity index (χ0) is 14.1. The highest BCUT2D eigenvalue weighted by atomic mass is 32.2. The molecule has 0 amide bonds. The molecule has 0 aliphatic rings. The van der Waals surface area contributed by atoms with Crippen molar-refractivity contribution in [2.24, 2.45) is 5.73 Å². The van der Waals surface area contributed by atoms with E-state index in [1.54, 1.807) is 11.8 Å². The summed E-state index contributed by atoms with van der Waals surface area (Å²) < 4.78 is 0. The Morgan fingerprint density at radius 1 is 1.15 bits per heavy atom. The molecule has 0 aliphatic carbocycles. The third-order valence-corrected chi connectivity index (χ3v) is 4.36. The third kappa shape index (κ3) is 2.57. The summed E-state index contributed by atoms with van der Waals surface area (Å²) in [6, 6.07) is 12.6. The van der Waals surface area contributed by atoms with E-state index in [1.807, 2.05) is 0 Å². The van der Waals surface area contributed by atoms with Gasteiger partial charge in [0.1, 0.15) is 0 Å². The minimum Gasteiger partial charge on any atom is -0.333 e. The van der Waals surface area contributed by atoms with E-state index in [-0.39, 0.29) is 0 Å². The number of aryl methyl sites for hydroxylation is 2. The van der Waals surface area contributed by atoms with Crippen molar-refractivity contribution in [3.05, 3.63) is 53.1 Å². The lowest BCUT2D eigenvalue weighted by molar-refractivity contribution is 1.05. The summed E-state index contributed by atoms with van der Waals surface area (Å²) in [5.74, 6) is 0. The SMILES string of the molecule is Cc1ccc2nc(Sc3ccc(CN)cc3C)[nH]c2c1. The van der Waals surface area contributed by atoms with Crippen LogP contribution in [0.4, 0.5) is 0 Å². The third-order valence-electron chi connectivity index (χ3n) is 3.30. The first-order valence-electron chi connectivity index (χ1n) is 6.59. The average Bonchev–Trinajstić information content (AvgIpc) is 2.82. The molecular weight excluding hydrogens is 266 g/mol. The molecule has 1 heterocycles. The van der Waals surface area contributed by atoms with Crippen LogP contribution in [0.2, 0.25) is 0 Å². The predicted molar refractivity (Wildman–Crippen MR) is 84.0 cm³/mol. The van der Waals surface area contributed by atoms with Crippen LogP contribution in [-0.4, -0.2) is 9.97 Å². The minimum absolute atomic E-state index is 0.579. The maximum absolute atomic E-state index is 5.66. The topological polar surface area (TPSA) is 54.7 Å². The van der Waals surface area contributed by atoms with Crippen LogP contribution in [0.25, 0.3) is 11.0 Å². The second-order valence-electron chi connectivity index (χ2n) is 4.97. The Labute approximate surface area is 122 Å². The molecule has 3 N–H and O–H groups in total. The Morgan fingerprint density at radius 3 is 2.75 bits per heavy atom. The van der Waals surface area contributed by atoms with Crippen molar-refractivity contribution in [1.82, 2.24) is 9.97 Å². The molecule has 0 unspecified atom stereocenters. The Morgan fingerprint density at radius 2 is 2.00 bits per heavy atom. The van der Waals surface area contributed by atoms with Crippen molar-refractivity contribution in [2.75, 3.05) is 0 Å². The highest BCUT2D eigenvalue weighted by molar-refractivity contribution is 7.99. The molecule has 20 heavy (non-hydrogen) atoms. The van der Waals surface area contributed by atoms with E-state index in [1.165, 1.54) is 16.0 Å². The van der Waals surface area contributed by atoms with E-state index in [0.29, 0.717) is 6.54 Å². The molecule has 102 valence electrons. The van der Waals surface area contributed by atoms with E-state index >= 15 is 0 Å². The summed E-state index contributed by atoms with van der Waals surface area (Å²) in [5, 5.41) is 0.925. The van der Waals surface area contributed by atoms with Crippen LogP contribution >= 0.6 is 11.8 Å². The van der Waals surface area contributed by atoms with Gasteiger partial charge in [0, 0.05) is 11.4 Å². The van der Waals surface area contributed by atoms with Gasteiger partial charge >= 0.3 is 0 Å². The summed E-state index contributed by atoms with van der Waals surface area (Å²) in [4.78, 5) is 9.19. The number of hydrogen-bond acceptors (Lipinski definition) is 3. The maximum Gasteiger partial charge on any atom is 0.171 e. The molecule has 0 fully saturated rings. The molecule has 0 saturated carbocycles. The second-order valence-corrected chi connectivity index (χ2v) is 6.00. The monoisotopic (exact) mass is 283 g/mol. The number of nitrogens with zero attached hydrogens (tertiary/aromatic N) is 1. The van der Waals surface area contributed by atoms with Crippen molar-refractivity contribution < 1.29 is 0 Å². The number of fused-ring (bicyclic) bond motifs is 1. The number of hydrogen-bond donors (Lipinski definition) is 2. The van der Waals surface area contributed by atoms with Gasteiger partial charge in [0.25, 0.3) is 0 Å². The second kappa shape index (κ2) is 5.31. The molecule has 3 nitrogen and oxygen atoms in total. The predicted octanol–water partition coefficient (Wildman–Crippen LogP) is 3.79. The number of benzene rings is 2. The van der Waals surface area contributed by atoms with Gasteiger partial charge in [-0.05, 0) is 48.7 Å². The van der Waals surface area contributed by atoms with E-state index in [2.05, 4.69) is 60.2 Å². The number of H-pyrrole nitrogens is 1. The number of nitrogens with two attached hydrogens (primary N) is 1. The van der Waals surface area contributed by atoms with Gasteiger partial charge in [0.2, 0.25) is 0 Å². The standard InChI is InChI=1S/C16H17N3S/c1-10-3-5-13-14(7-10)19-16(18-13)20-15-6-4-12(9-17)8-11(15)2/h3-8H,9,17H2,1-2H3,(H,18,19). The number of aromatic nitrogens is 2. The van der Waals surface area contributed by atoms with Crippen LogP contribution in [0.15, 0.2) is 46.5 Å². The summed E-state index contributed by atoms with van der Waals surface area (Å²) in [6.45, 7) is 4.77. The molecule has 0 aliphatic heterocycles. The lowest BCUT2D eigenvalue weighted by Crippen LogP contribution is -1.96. The largest absolute Gasteiger partial charge is 0.333 e. The fourth-order valence-electron chi connectivity index (χ4n) is 2.21. The number of rotatable bonds is 3. The van der Waals surface area contributed by atoms with E-state index in [4.69, 9.17) is 5.73 Å². The quantitative estimate of drug-likeness (QED) is 0.769. The van der Waals surface area contributed by atoms with Crippen molar-refractivity contribution >= 4 is 22.8 Å². The number of nitrogens with one attached hydrogen (secondary N) is 1. The van der Waals surface area contributed by atoms with Gasteiger partial charge in [-0.15, -0.1) is 0 Å². The lowest BCUT2D eigenvalue weighted by atomic mass is 10.1. The summed E-state index contributed by atoms with van der Waals surface area (Å²) >= 11 is 1.66. The number of aromatic amines is 1. The molecule has 2 aromatic carbocycles. The molecule has 4 heteroatoms. The van der Waals surface area contributed by atoms with Crippen LogP contribution in [0.5, 0.6) is 0 Å². The number of imidazole rings is 1. The zero-order valence-electron chi connectivity index (χ0n) is 11.6. The molecule has 0 bridgehead atoms. The van der Waals surface area contributed by atoms with E-state index in [9.17, 15) is 0 Å². The van der Waals surface area contributed by atoms with Gasteiger partial charge in [-0.25, -0.2) is 4.98 Å². The molecule has 3 rings (SSSR count). The normalized spacial score (nSPS) is 11.2. The molecule has 0 atom stereocenters. The van der Waals surface area contributed by atoms with Crippen LogP contribution in [0.3, 0.4) is 0 Å². The van der Waals surface area contributed by atoms with Crippen molar-refractivity contribution in [1.29, 1.82) is 0 Å². The fourth-order valence-corrected chi connectivity index (χ4v) is 3.07. The highest BCUT2D eigenvalue weighted by Crippen LogP contribution is 2.30. The van der Waals surface area contributed by atoms with Gasteiger partial charge in [-0.2, -0.15) is 0 Å². The van der Waals surface area contributed by atoms with Gasteiger partial charge in [-0.3, -0.25) is 0 Å². The Kier molecular flexibility index (Phi) is 3.51. The van der Waals surface area contributed by atoms with Crippen LogP contribution in [0, 0.1) is 13.8 Å². The first kappa shape index (κ1) is 13.2. The van der Waals surface area contributed by atoms with Crippen LogP contribution < -0.4 is 5.73 Å². The van der Waals surface area contributed by atoms with Gasteiger partial charge in [-0.1, -0.05) is 30.0 Å². The van der Waals surface area contributed by atoms with Crippen LogP contribution in [-0.2, 0) is 6.54 Å². The van der Waals surface area contributed by atoms with Gasteiger partial charge in [0.05, 0.1) is 11.0 Å². The average molecular weight is 283 g/mol. The van der Waals surface area contributed by atoms with Gasteiger partial charge in [0.15, 0.2) is 5.16 Å². The van der Waals surface area contributed by atoms with Gasteiger partial charge < -0.3 is 10.7 Å². The molecular formula is C16H17N3S. The molecule has 0 radical (unpaired) electrons. The lowest BCUT2D eigenvalue weighted by Gasteiger charge is -2.05. The summed E-state index contributed by atoms with van der Waals surface area (Å²) in [7, 11) is 0. The molecule has 3 aromatic rings. The van der Waals surface area contributed by atoms with E-state index < -0.39 is 0 Å². The van der Waals surface area contributed by atoms with Crippen molar-refractivity contribution in [2.45, 2.75) is 30.4 Å². The Bertz CT molecular complexity index is 762. The fraction of sp³-hybridized carbons (Fsp3) is 0.188. The van der Waals surface area contributed by atoms with E-state index in [0.717, 1.165) is 21.8 Å². The van der Waals surface area contributed by atoms with Crippen molar-refractivity contribution in [3.63, 3.8) is 0 Å². The Balaban J connectivity index is 1.92. The first-order valence-corrected chi connectivity index (χ1v) is 7.41. The first-order chi connectivity index (χ1) is 9.65. The molecule has 0 spiro atoms. The highest BCUT2D eigenvalue weighted by Gasteiger charge is 2.07. The molecule has 0 saturated heterocycles. The zero-order valence-corrected chi connectivity index (χ0v) is 12.4. The maximum atomic E-state index is 5.66. The van der Waals surface area contributed by atoms with Crippen molar-refractivity contribution in [3.8, 4) is 0 Å².